The van der Waals surface area contributed by atoms with Crippen LogP contribution in [0, 0.1) is 12.7 Å². The van der Waals surface area contributed by atoms with Gasteiger partial charge in [0.2, 0.25) is 10.0 Å². The minimum absolute atomic E-state index is 0.271. The highest BCUT2D eigenvalue weighted by atomic mass is 32.2. The van der Waals surface area contributed by atoms with Crippen molar-refractivity contribution < 1.29 is 12.8 Å². The monoisotopic (exact) mass is 260 g/mol. The van der Waals surface area contributed by atoms with Gasteiger partial charge < -0.3 is 5.73 Å². The maximum atomic E-state index is 13.4. The third kappa shape index (κ3) is 4.07. The smallest absolute Gasteiger partial charge is 0.243 e. The summed E-state index contributed by atoms with van der Waals surface area (Å²) >= 11 is 0. The first-order valence-electron chi connectivity index (χ1n) is 5.43. The second-order valence-electron chi connectivity index (χ2n) is 3.83. The van der Waals surface area contributed by atoms with Gasteiger partial charge in [-0.2, -0.15) is 0 Å². The van der Waals surface area contributed by atoms with Gasteiger partial charge in [0.25, 0.3) is 0 Å². The first kappa shape index (κ1) is 14.1. The molecule has 96 valence electrons. The Morgan fingerprint density at radius 1 is 1.35 bits per heavy atom. The van der Waals surface area contributed by atoms with E-state index in [2.05, 4.69) is 4.72 Å². The molecule has 3 N–H and O–H groups in total. The van der Waals surface area contributed by atoms with Crippen molar-refractivity contribution in [3.05, 3.63) is 29.6 Å². The molecule has 0 unspecified atom stereocenters. The van der Waals surface area contributed by atoms with Crippen molar-refractivity contribution >= 4 is 10.0 Å². The Morgan fingerprint density at radius 2 is 2.06 bits per heavy atom. The molecule has 0 aliphatic carbocycles. The number of hydrogen-bond acceptors (Lipinski definition) is 3. The van der Waals surface area contributed by atoms with Crippen LogP contribution >= 0.6 is 0 Å². The van der Waals surface area contributed by atoms with Gasteiger partial charge in [-0.3, -0.25) is 0 Å². The molecule has 0 spiro atoms. The van der Waals surface area contributed by atoms with Crippen molar-refractivity contribution in [3.8, 4) is 0 Å². The first-order chi connectivity index (χ1) is 7.97. The van der Waals surface area contributed by atoms with Crippen LogP contribution in [0.3, 0.4) is 0 Å². The molecule has 0 saturated carbocycles. The number of aryl methyl sites for hydroxylation is 1. The number of nitrogens with two attached hydrogens (primary N) is 1. The van der Waals surface area contributed by atoms with Gasteiger partial charge in [0.1, 0.15) is 10.7 Å². The Morgan fingerprint density at radius 3 is 2.71 bits per heavy atom. The van der Waals surface area contributed by atoms with Crippen molar-refractivity contribution in [1.29, 1.82) is 0 Å². The molecule has 0 atom stereocenters. The third-order valence-electron chi connectivity index (χ3n) is 2.30. The molecule has 0 bridgehead atoms. The molecule has 17 heavy (non-hydrogen) atoms. The summed E-state index contributed by atoms with van der Waals surface area (Å²) in [5, 5.41) is 0. The Kier molecular flexibility index (Phi) is 5.04. The second-order valence-corrected chi connectivity index (χ2v) is 5.56. The zero-order valence-corrected chi connectivity index (χ0v) is 10.6. The van der Waals surface area contributed by atoms with E-state index >= 15 is 0 Å². The van der Waals surface area contributed by atoms with Crippen LogP contribution in [0.4, 0.5) is 4.39 Å². The van der Waals surface area contributed by atoms with Crippen molar-refractivity contribution in [1.82, 2.24) is 4.72 Å². The van der Waals surface area contributed by atoms with Crippen LogP contribution in [0.15, 0.2) is 23.1 Å². The van der Waals surface area contributed by atoms with Crippen LogP contribution in [-0.2, 0) is 10.0 Å². The fraction of sp³-hybridized carbons (Fsp3) is 0.455. The van der Waals surface area contributed by atoms with Crippen LogP contribution in [0.5, 0.6) is 0 Å². The van der Waals surface area contributed by atoms with Gasteiger partial charge in [0, 0.05) is 6.54 Å². The molecule has 1 aromatic rings. The highest BCUT2D eigenvalue weighted by molar-refractivity contribution is 7.89. The van der Waals surface area contributed by atoms with E-state index in [9.17, 15) is 12.8 Å². The van der Waals surface area contributed by atoms with E-state index in [-0.39, 0.29) is 11.4 Å². The quantitative estimate of drug-likeness (QED) is 0.754. The molecule has 0 amide bonds. The standard InChI is InChI=1S/C11H17FN2O2S/c1-9-4-5-10(12)11(8-9)17(15,16)14-7-3-2-6-13/h4-5,8,14H,2-3,6-7,13H2,1H3. The van der Waals surface area contributed by atoms with Crippen LogP contribution in [-0.4, -0.2) is 21.5 Å². The topological polar surface area (TPSA) is 72.2 Å². The fourth-order valence-corrected chi connectivity index (χ4v) is 2.60. The van der Waals surface area contributed by atoms with Crippen LogP contribution in [0.2, 0.25) is 0 Å². The number of nitrogens with one attached hydrogen (secondary N) is 1. The summed E-state index contributed by atoms with van der Waals surface area (Å²) in [6.45, 7) is 2.50. The van der Waals surface area contributed by atoms with Crippen LogP contribution < -0.4 is 10.5 Å². The number of hydrogen-bond donors (Lipinski definition) is 2. The van der Waals surface area contributed by atoms with Gasteiger partial charge in [-0.15, -0.1) is 0 Å². The molecule has 6 heteroatoms. The zero-order valence-electron chi connectivity index (χ0n) is 9.74. The molecule has 1 rings (SSSR count). The van der Waals surface area contributed by atoms with E-state index in [1.165, 1.54) is 12.1 Å². The zero-order chi connectivity index (χ0) is 12.9. The minimum Gasteiger partial charge on any atom is -0.330 e. The van der Waals surface area contributed by atoms with Crippen LogP contribution in [0.1, 0.15) is 18.4 Å². The lowest BCUT2D eigenvalue weighted by Gasteiger charge is -2.08. The summed E-state index contributed by atoms with van der Waals surface area (Å²) in [5.74, 6) is -0.734. The van der Waals surface area contributed by atoms with Crippen LogP contribution in [0.25, 0.3) is 0 Å². The maximum absolute atomic E-state index is 13.4. The van der Waals surface area contributed by atoms with E-state index in [0.29, 0.717) is 18.5 Å². The Hall–Kier alpha value is -0.980. The van der Waals surface area contributed by atoms with Crippen molar-refractivity contribution in [2.24, 2.45) is 5.73 Å². The molecule has 0 radical (unpaired) electrons. The van der Waals surface area contributed by atoms with Crippen molar-refractivity contribution in [2.45, 2.75) is 24.7 Å². The Bertz CT molecular complexity index is 474. The molecule has 0 fully saturated rings. The van der Waals surface area contributed by atoms with E-state index in [1.54, 1.807) is 6.92 Å². The number of sulfonamides is 1. The molecule has 0 aliphatic rings. The molecular formula is C11H17FN2O2S. The normalized spacial score (nSPS) is 11.7. The summed E-state index contributed by atoms with van der Waals surface area (Å²) < 4.78 is 39.3. The summed E-state index contributed by atoms with van der Waals surface area (Å²) in [6, 6.07) is 4.01. The SMILES string of the molecule is Cc1ccc(F)c(S(=O)(=O)NCCCCN)c1. The lowest BCUT2D eigenvalue weighted by Crippen LogP contribution is -2.26. The summed E-state index contributed by atoms with van der Waals surface area (Å²) in [7, 11) is -3.76. The Balaban J connectivity index is 2.79. The van der Waals surface area contributed by atoms with Gasteiger partial charge >= 0.3 is 0 Å². The average molecular weight is 260 g/mol. The number of benzene rings is 1. The highest BCUT2D eigenvalue weighted by Gasteiger charge is 2.18. The predicted octanol–water partition coefficient (Wildman–Crippen LogP) is 1.15. The number of unbranched alkanes of at least 4 members (excludes halogenated alkanes) is 1. The average Bonchev–Trinajstić information content (AvgIpc) is 2.28. The van der Waals surface area contributed by atoms with Gasteiger partial charge in [-0.1, -0.05) is 6.07 Å². The molecule has 0 saturated heterocycles. The van der Waals surface area contributed by atoms with Crippen molar-refractivity contribution in [3.63, 3.8) is 0 Å². The number of halogens is 1. The largest absolute Gasteiger partial charge is 0.330 e. The fourth-order valence-electron chi connectivity index (χ4n) is 1.37. The van der Waals surface area contributed by atoms with E-state index < -0.39 is 15.8 Å². The maximum Gasteiger partial charge on any atom is 0.243 e. The molecule has 1 aromatic carbocycles. The molecular weight excluding hydrogens is 243 g/mol. The molecule has 0 aromatic heterocycles. The van der Waals surface area contributed by atoms with Gasteiger partial charge in [0.15, 0.2) is 0 Å². The predicted molar refractivity (Wildman–Crippen MR) is 64.6 cm³/mol. The van der Waals surface area contributed by atoms with Crippen molar-refractivity contribution in [2.75, 3.05) is 13.1 Å². The lowest BCUT2D eigenvalue weighted by atomic mass is 10.2. The van der Waals surface area contributed by atoms with E-state index in [0.717, 1.165) is 12.5 Å². The number of rotatable bonds is 6. The van der Waals surface area contributed by atoms with Gasteiger partial charge in [-0.25, -0.2) is 17.5 Å². The van der Waals surface area contributed by atoms with Gasteiger partial charge in [-0.05, 0) is 44.0 Å². The highest BCUT2D eigenvalue weighted by Crippen LogP contribution is 2.15. The molecule has 0 heterocycles. The minimum atomic E-state index is -3.76. The molecule has 0 aliphatic heterocycles. The summed E-state index contributed by atoms with van der Waals surface area (Å²) in [6.07, 6.45) is 1.38. The second kappa shape index (κ2) is 6.09. The Labute approximate surface area is 101 Å². The lowest BCUT2D eigenvalue weighted by molar-refractivity contribution is 0.554. The summed E-state index contributed by atoms with van der Waals surface area (Å²) in [5.41, 5.74) is 6.00. The van der Waals surface area contributed by atoms with E-state index in [1.807, 2.05) is 0 Å². The van der Waals surface area contributed by atoms with E-state index in [4.69, 9.17) is 5.73 Å². The third-order valence-corrected chi connectivity index (χ3v) is 3.78. The molecule has 4 nitrogen and oxygen atoms in total. The first-order valence-corrected chi connectivity index (χ1v) is 6.91. The van der Waals surface area contributed by atoms with Gasteiger partial charge in [0.05, 0.1) is 0 Å². The summed E-state index contributed by atoms with van der Waals surface area (Å²) in [4.78, 5) is -0.301.